The standard InChI is InChI=1S/C15H18N4O3/c16-15-11(19-6-5-13(21)14(22)8-19)7-10(17-18-15)9-3-1-2-4-12(9)20/h1-4,7,13-14,20-22H,5-6,8H2,(H2,16,18)/t13-,14-/m0/s1. The lowest BCUT2D eigenvalue weighted by Crippen LogP contribution is -2.47. The van der Waals surface area contributed by atoms with Crippen molar-refractivity contribution >= 4 is 11.5 Å². The lowest BCUT2D eigenvalue weighted by atomic mass is 10.0. The summed E-state index contributed by atoms with van der Waals surface area (Å²) in [7, 11) is 0. The first-order valence-corrected chi connectivity index (χ1v) is 7.09. The van der Waals surface area contributed by atoms with Crippen molar-refractivity contribution in [1.82, 2.24) is 10.2 Å². The van der Waals surface area contributed by atoms with Gasteiger partial charge >= 0.3 is 0 Å². The number of aromatic hydroxyl groups is 1. The molecule has 116 valence electrons. The number of benzene rings is 1. The molecule has 0 unspecified atom stereocenters. The van der Waals surface area contributed by atoms with E-state index in [1.54, 1.807) is 30.3 Å². The molecule has 1 aliphatic heterocycles. The van der Waals surface area contributed by atoms with Crippen LogP contribution in [0.1, 0.15) is 6.42 Å². The zero-order chi connectivity index (χ0) is 15.7. The zero-order valence-corrected chi connectivity index (χ0v) is 11.9. The average Bonchev–Trinajstić information content (AvgIpc) is 2.51. The van der Waals surface area contributed by atoms with Gasteiger partial charge in [-0.25, -0.2) is 0 Å². The van der Waals surface area contributed by atoms with Gasteiger partial charge in [-0.3, -0.25) is 0 Å². The van der Waals surface area contributed by atoms with Gasteiger partial charge in [0.2, 0.25) is 0 Å². The van der Waals surface area contributed by atoms with Crippen LogP contribution in [0.2, 0.25) is 0 Å². The molecular weight excluding hydrogens is 284 g/mol. The van der Waals surface area contributed by atoms with Crippen LogP contribution < -0.4 is 10.6 Å². The van der Waals surface area contributed by atoms with Crippen molar-refractivity contribution in [2.24, 2.45) is 0 Å². The topological polar surface area (TPSA) is 116 Å². The van der Waals surface area contributed by atoms with Crippen LogP contribution in [0.15, 0.2) is 30.3 Å². The molecule has 2 atom stereocenters. The van der Waals surface area contributed by atoms with Crippen molar-refractivity contribution in [1.29, 1.82) is 0 Å². The van der Waals surface area contributed by atoms with Crippen molar-refractivity contribution in [2.75, 3.05) is 23.7 Å². The fourth-order valence-corrected chi connectivity index (χ4v) is 2.60. The third-order valence-corrected chi connectivity index (χ3v) is 3.87. The second-order valence-corrected chi connectivity index (χ2v) is 5.39. The maximum atomic E-state index is 9.93. The Morgan fingerprint density at radius 1 is 1.14 bits per heavy atom. The van der Waals surface area contributed by atoms with E-state index >= 15 is 0 Å². The predicted octanol–water partition coefficient (Wildman–Crippen LogP) is 0.363. The number of hydrogen-bond donors (Lipinski definition) is 4. The number of nitrogen functional groups attached to an aromatic ring is 1. The van der Waals surface area contributed by atoms with Gasteiger partial charge in [-0.15, -0.1) is 10.2 Å². The van der Waals surface area contributed by atoms with Gasteiger partial charge in [-0.05, 0) is 24.6 Å². The molecule has 1 aromatic carbocycles. The lowest BCUT2D eigenvalue weighted by molar-refractivity contribution is 0.00804. The summed E-state index contributed by atoms with van der Waals surface area (Å²) in [4.78, 5) is 1.87. The average molecular weight is 302 g/mol. The number of nitrogens with zero attached hydrogens (tertiary/aromatic N) is 3. The summed E-state index contributed by atoms with van der Waals surface area (Å²) in [6.07, 6.45) is -1.09. The van der Waals surface area contributed by atoms with Crippen LogP contribution in [-0.4, -0.2) is 50.8 Å². The summed E-state index contributed by atoms with van der Waals surface area (Å²) in [6, 6.07) is 8.59. The van der Waals surface area contributed by atoms with Gasteiger partial charge in [0, 0.05) is 18.7 Å². The van der Waals surface area contributed by atoms with Crippen molar-refractivity contribution in [2.45, 2.75) is 18.6 Å². The molecule has 0 bridgehead atoms. The normalized spacial score (nSPS) is 21.8. The molecule has 1 aliphatic rings. The number of piperidine rings is 1. The fourth-order valence-electron chi connectivity index (χ4n) is 2.60. The smallest absolute Gasteiger partial charge is 0.169 e. The summed E-state index contributed by atoms with van der Waals surface area (Å²) >= 11 is 0. The highest BCUT2D eigenvalue weighted by Gasteiger charge is 2.27. The van der Waals surface area contributed by atoms with E-state index in [0.29, 0.717) is 29.9 Å². The van der Waals surface area contributed by atoms with Crippen LogP contribution in [-0.2, 0) is 0 Å². The molecule has 1 aromatic heterocycles. The monoisotopic (exact) mass is 302 g/mol. The number of para-hydroxylation sites is 1. The fraction of sp³-hybridized carbons (Fsp3) is 0.333. The van der Waals surface area contributed by atoms with Gasteiger partial charge in [0.05, 0.1) is 23.6 Å². The van der Waals surface area contributed by atoms with Crippen molar-refractivity contribution in [3.05, 3.63) is 30.3 Å². The predicted molar refractivity (Wildman–Crippen MR) is 82.4 cm³/mol. The Morgan fingerprint density at radius 2 is 1.91 bits per heavy atom. The first-order chi connectivity index (χ1) is 10.6. The Balaban J connectivity index is 1.96. The SMILES string of the molecule is Nc1nnc(-c2ccccc2O)cc1N1CC[C@H](O)[C@@H](O)C1. The summed E-state index contributed by atoms with van der Waals surface area (Å²) in [5.41, 5.74) is 7.60. The summed E-state index contributed by atoms with van der Waals surface area (Å²) < 4.78 is 0. The van der Waals surface area contributed by atoms with Crippen LogP contribution in [0.4, 0.5) is 11.5 Å². The number of phenolic OH excluding ortho intramolecular Hbond substituents is 1. The van der Waals surface area contributed by atoms with E-state index in [1.165, 1.54) is 0 Å². The van der Waals surface area contributed by atoms with E-state index in [4.69, 9.17) is 5.73 Å². The summed E-state index contributed by atoms with van der Waals surface area (Å²) in [5, 5.41) is 37.3. The molecule has 1 saturated heterocycles. The quantitative estimate of drug-likeness (QED) is 0.633. The van der Waals surface area contributed by atoms with E-state index in [0.717, 1.165) is 0 Å². The number of rotatable bonds is 2. The van der Waals surface area contributed by atoms with Crippen LogP contribution in [0.25, 0.3) is 11.3 Å². The van der Waals surface area contributed by atoms with Gasteiger partial charge < -0.3 is 26.0 Å². The maximum absolute atomic E-state index is 9.93. The number of aromatic nitrogens is 2. The second-order valence-electron chi connectivity index (χ2n) is 5.39. The van der Waals surface area contributed by atoms with Gasteiger partial charge in [0.15, 0.2) is 5.82 Å². The molecule has 22 heavy (non-hydrogen) atoms. The summed E-state index contributed by atoms with van der Waals surface area (Å²) in [6.45, 7) is 0.839. The van der Waals surface area contributed by atoms with Crippen molar-refractivity contribution in [3.8, 4) is 17.0 Å². The first-order valence-electron chi connectivity index (χ1n) is 7.09. The third-order valence-electron chi connectivity index (χ3n) is 3.87. The minimum Gasteiger partial charge on any atom is -0.507 e. The zero-order valence-electron chi connectivity index (χ0n) is 11.9. The first kappa shape index (κ1) is 14.6. The minimum atomic E-state index is -0.824. The molecule has 0 amide bonds. The van der Waals surface area contributed by atoms with E-state index in [9.17, 15) is 15.3 Å². The Morgan fingerprint density at radius 3 is 2.64 bits per heavy atom. The Hall–Kier alpha value is -2.38. The number of hydrogen-bond acceptors (Lipinski definition) is 7. The third kappa shape index (κ3) is 2.68. The van der Waals surface area contributed by atoms with Crippen LogP contribution in [0.5, 0.6) is 5.75 Å². The molecule has 0 saturated carbocycles. The molecule has 0 aliphatic carbocycles. The van der Waals surface area contributed by atoms with Gasteiger partial charge in [0.1, 0.15) is 5.75 Å². The molecule has 0 radical (unpaired) electrons. The van der Waals surface area contributed by atoms with E-state index in [2.05, 4.69) is 10.2 Å². The molecule has 7 nitrogen and oxygen atoms in total. The highest BCUT2D eigenvalue weighted by molar-refractivity contribution is 5.74. The molecular formula is C15H18N4O3. The van der Waals surface area contributed by atoms with Crippen molar-refractivity contribution in [3.63, 3.8) is 0 Å². The van der Waals surface area contributed by atoms with Crippen molar-refractivity contribution < 1.29 is 15.3 Å². The number of nitrogens with two attached hydrogens (primary N) is 1. The number of anilines is 2. The number of aliphatic hydroxyl groups excluding tert-OH is 2. The highest BCUT2D eigenvalue weighted by Crippen LogP contribution is 2.32. The molecule has 2 aromatic rings. The van der Waals surface area contributed by atoms with Gasteiger partial charge in [-0.1, -0.05) is 12.1 Å². The van der Waals surface area contributed by atoms with Crippen LogP contribution in [0.3, 0.4) is 0 Å². The molecule has 0 spiro atoms. The molecule has 1 fully saturated rings. The Labute approximate surface area is 127 Å². The van der Waals surface area contributed by atoms with E-state index < -0.39 is 12.2 Å². The highest BCUT2D eigenvalue weighted by atomic mass is 16.3. The number of aliphatic hydroxyl groups is 2. The van der Waals surface area contributed by atoms with Crippen LogP contribution >= 0.6 is 0 Å². The van der Waals surface area contributed by atoms with Gasteiger partial charge in [0.25, 0.3) is 0 Å². The molecule has 3 rings (SSSR count). The minimum absolute atomic E-state index is 0.113. The van der Waals surface area contributed by atoms with E-state index in [1.807, 2.05) is 4.90 Å². The lowest BCUT2D eigenvalue weighted by Gasteiger charge is -2.35. The van der Waals surface area contributed by atoms with Gasteiger partial charge in [-0.2, -0.15) is 0 Å². The Bertz CT molecular complexity index is 680. The molecule has 2 heterocycles. The molecule has 7 heteroatoms. The largest absolute Gasteiger partial charge is 0.507 e. The number of phenols is 1. The Kier molecular flexibility index (Phi) is 3.82. The maximum Gasteiger partial charge on any atom is 0.169 e. The number of β-amino-alcohol motifs (C(OH)–C–C–N with tert-alkyl or cyclic N) is 1. The second kappa shape index (κ2) is 5.78. The summed E-state index contributed by atoms with van der Waals surface area (Å²) in [5.74, 6) is 0.365. The van der Waals surface area contributed by atoms with E-state index in [-0.39, 0.29) is 18.1 Å². The molecule has 5 N–H and O–H groups in total. The van der Waals surface area contributed by atoms with Crippen LogP contribution in [0, 0.1) is 0 Å².